The zero-order chi connectivity index (χ0) is 23.7. The van der Waals surface area contributed by atoms with E-state index < -0.39 is 0 Å². The Morgan fingerprint density at radius 2 is 1.94 bits per heavy atom. The minimum absolute atomic E-state index is 0.0918. The molecule has 2 amide bonds. The highest BCUT2D eigenvalue weighted by atomic mass is 32.2. The number of nitrogens with one attached hydrogen (secondary N) is 1. The molecule has 1 atom stereocenters. The molecule has 4 aromatic rings. The number of carbonyl (C=O) groups excluding carboxylic acids is 2. The highest BCUT2D eigenvalue weighted by Crippen LogP contribution is 2.35. The van der Waals surface area contributed by atoms with Gasteiger partial charge in [0.2, 0.25) is 5.91 Å². The van der Waals surface area contributed by atoms with E-state index in [2.05, 4.69) is 23.3 Å². The summed E-state index contributed by atoms with van der Waals surface area (Å²) < 4.78 is 6.93. The van der Waals surface area contributed by atoms with Gasteiger partial charge in [0.1, 0.15) is 5.75 Å². The first-order valence-electron chi connectivity index (χ1n) is 10.9. The molecule has 0 bridgehead atoms. The lowest BCUT2D eigenvalue weighted by Crippen LogP contribution is -2.36. The van der Waals surface area contributed by atoms with Crippen LogP contribution in [0.5, 0.6) is 5.75 Å². The Morgan fingerprint density at radius 3 is 2.74 bits per heavy atom. The molecule has 34 heavy (non-hydrogen) atoms. The Hall–Kier alpha value is -3.36. The largest absolute Gasteiger partial charge is 0.497 e. The van der Waals surface area contributed by atoms with Gasteiger partial charge in [-0.1, -0.05) is 30.0 Å². The number of thiazole rings is 1. The Morgan fingerprint density at radius 1 is 1.15 bits per heavy atom. The number of methoxy groups -OCH3 is 1. The topological polar surface area (TPSA) is 71.5 Å². The predicted molar refractivity (Wildman–Crippen MR) is 138 cm³/mol. The quantitative estimate of drug-likeness (QED) is 0.356. The van der Waals surface area contributed by atoms with Gasteiger partial charge in [0, 0.05) is 23.0 Å². The maximum atomic E-state index is 13.0. The summed E-state index contributed by atoms with van der Waals surface area (Å²) in [6.45, 7) is 2.09. The van der Waals surface area contributed by atoms with E-state index >= 15 is 0 Å². The van der Waals surface area contributed by atoms with Crippen LogP contribution in [0.25, 0.3) is 10.2 Å². The minimum Gasteiger partial charge on any atom is -0.497 e. The van der Waals surface area contributed by atoms with Gasteiger partial charge in [-0.3, -0.25) is 9.59 Å². The van der Waals surface area contributed by atoms with Gasteiger partial charge in [0.25, 0.3) is 5.91 Å². The molecular formula is C26H23N3O3S2. The SMILES string of the molecule is COc1ccc(C(=O)Nc2ccc3nc(SCC(=O)N4c5ccccc5C[C@@H]4C)sc3c2)cc1. The number of aromatic nitrogens is 1. The monoisotopic (exact) mass is 489 g/mol. The van der Waals surface area contributed by atoms with Gasteiger partial charge in [0.05, 0.1) is 23.1 Å². The molecule has 0 saturated heterocycles. The number of benzene rings is 3. The van der Waals surface area contributed by atoms with Gasteiger partial charge in [-0.15, -0.1) is 11.3 Å². The number of hydrogen-bond acceptors (Lipinski definition) is 6. The van der Waals surface area contributed by atoms with E-state index in [9.17, 15) is 9.59 Å². The molecule has 0 radical (unpaired) electrons. The smallest absolute Gasteiger partial charge is 0.255 e. The van der Waals surface area contributed by atoms with Crippen molar-refractivity contribution in [3.8, 4) is 5.75 Å². The highest BCUT2D eigenvalue weighted by molar-refractivity contribution is 8.01. The van der Waals surface area contributed by atoms with Crippen molar-refractivity contribution in [2.24, 2.45) is 0 Å². The third kappa shape index (κ3) is 4.51. The van der Waals surface area contributed by atoms with Crippen LogP contribution in [0.3, 0.4) is 0 Å². The molecular weight excluding hydrogens is 466 g/mol. The predicted octanol–water partition coefficient (Wildman–Crippen LogP) is 5.63. The summed E-state index contributed by atoms with van der Waals surface area (Å²) in [6.07, 6.45) is 0.888. The molecule has 6 nitrogen and oxygen atoms in total. The number of hydrogen-bond donors (Lipinski definition) is 1. The van der Waals surface area contributed by atoms with E-state index in [0.717, 1.165) is 26.7 Å². The van der Waals surface area contributed by atoms with Gasteiger partial charge in [0.15, 0.2) is 4.34 Å². The normalized spacial score (nSPS) is 14.8. The van der Waals surface area contributed by atoms with Crippen LogP contribution < -0.4 is 15.0 Å². The molecule has 2 heterocycles. The fourth-order valence-electron chi connectivity index (χ4n) is 4.13. The Bertz CT molecular complexity index is 1370. The number of para-hydroxylation sites is 1. The van der Waals surface area contributed by atoms with Crippen molar-refractivity contribution < 1.29 is 14.3 Å². The van der Waals surface area contributed by atoms with E-state index in [1.54, 1.807) is 31.4 Å². The maximum Gasteiger partial charge on any atom is 0.255 e. The fourth-order valence-corrected chi connectivity index (χ4v) is 6.09. The molecule has 0 fully saturated rings. The number of fused-ring (bicyclic) bond motifs is 2. The van der Waals surface area contributed by atoms with Crippen molar-refractivity contribution in [1.29, 1.82) is 0 Å². The lowest BCUT2D eigenvalue weighted by molar-refractivity contribution is -0.116. The van der Waals surface area contributed by atoms with E-state index in [1.165, 1.54) is 28.7 Å². The Labute approximate surface area is 206 Å². The van der Waals surface area contributed by atoms with Crippen molar-refractivity contribution >= 4 is 56.5 Å². The van der Waals surface area contributed by atoms with E-state index in [1.807, 2.05) is 41.3 Å². The summed E-state index contributed by atoms with van der Waals surface area (Å²) in [4.78, 5) is 32.1. The van der Waals surface area contributed by atoms with Crippen LogP contribution in [0.1, 0.15) is 22.8 Å². The van der Waals surface area contributed by atoms with E-state index in [0.29, 0.717) is 22.8 Å². The molecule has 0 unspecified atom stereocenters. The molecule has 3 aromatic carbocycles. The first-order chi connectivity index (χ1) is 16.5. The van der Waals surface area contributed by atoms with Crippen LogP contribution in [-0.2, 0) is 11.2 Å². The molecule has 1 aliphatic rings. The summed E-state index contributed by atoms with van der Waals surface area (Å²) in [6, 6.07) is 20.9. The molecule has 5 rings (SSSR count). The number of carbonyl (C=O) groups is 2. The molecule has 1 aliphatic heterocycles. The van der Waals surface area contributed by atoms with Gasteiger partial charge in [-0.2, -0.15) is 0 Å². The van der Waals surface area contributed by atoms with Gasteiger partial charge < -0.3 is 15.0 Å². The molecule has 0 aliphatic carbocycles. The van der Waals surface area contributed by atoms with Crippen LogP contribution >= 0.6 is 23.1 Å². The van der Waals surface area contributed by atoms with Crippen molar-refractivity contribution in [2.45, 2.75) is 23.7 Å². The first-order valence-corrected chi connectivity index (χ1v) is 12.7. The summed E-state index contributed by atoms with van der Waals surface area (Å²) in [5, 5.41) is 2.93. The Balaban J connectivity index is 1.25. The highest BCUT2D eigenvalue weighted by Gasteiger charge is 2.30. The maximum absolute atomic E-state index is 13.0. The van der Waals surface area contributed by atoms with E-state index in [4.69, 9.17) is 4.74 Å². The lowest BCUT2D eigenvalue weighted by Gasteiger charge is -2.22. The van der Waals surface area contributed by atoms with Crippen molar-refractivity contribution in [3.63, 3.8) is 0 Å². The first kappa shape index (κ1) is 22.4. The standard InChI is InChI=1S/C26H23N3O3S2/c1-16-13-18-5-3-4-6-22(18)29(16)24(30)15-33-26-28-21-12-9-19(14-23(21)34-26)27-25(31)17-7-10-20(32-2)11-8-17/h3-12,14,16H,13,15H2,1-2H3,(H,27,31)/t16-/m0/s1. The van der Waals surface area contributed by atoms with Gasteiger partial charge in [-0.25, -0.2) is 4.98 Å². The fraction of sp³-hybridized carbons (Fsp3) is 0.192. The minimum atomic E-state index is -0.188. The molecule has 8 heteroatoms. The molecule has 0 spiro atoms. The van der Waals surface area contributed by atoms with Crippen molar-refractivity contribution in [1.82, 2.24) is 4.98 Å². The number of thioether (sulfide) groups is 1. The van der Waals surface area contributed by atoms with Crippen LogP contribution in [0.2, 0.25) is 0 Å². The second-order valence-electron chi connectivity index (χ2n) is 8.08. The number of anilines is 2. The van der Waals surface area contributed by atoms with Gasteiger partial charge in [-0.05, 0) is 67.4 Å². The average molecular weight is 490 g/mol. The molecule has 1 aromatic heterocycles. The van der Waals surface area contributed by atoms with Gasteiger partial charge >= 0.3 is 0 Å². The number of ether oxygens (including phenoxy) is 1. The molecule has 172 valence electrons. The number of rotatable bonds is 6. The van der Waals surface area contributed by atoms with Crippen LogP contribution in [-0.4, -0.2) is 35.7 Å². The zero-order valence-electron chi connectivity index (χ0n) is 18.8. The average Bonchev–Trinajstić information content (AvgIpc) is 3.41. The number of nitrogens with zero attached hydrogens (tertiary/aromatic N) is 2. The molecule has 1 N–H and O–H groups in total. The zero-order valence-corrected chi connectivity index (χ0v) is 20.4. The van der Waals surface area contributed by atoms with Crippen LogP contribution in [0.15, 0.2) is 71.1 Å². The summed E-state index contributed by atoms with van der Waals surface area (Å²) >= 11 is 2.98. The van der Waals surface area contributed by atoms with E-state index in [-0.39, 0.29) is 17.9 Å². The second-order valence-corrected chi connectivity index (χ2v) is 10.3. The molecule has 0 saturated carbocycles. The lowest BCUT2D eigenvalue weighted by atomic mass is 10.1. The summed E-state index contributed by atoms with van der Waals surface area (Å²) in [5.41, 5.74) is 4.34. The number of amides is 2. The second kappa shape index (κ2) is 9.48. The third-order valence-electron chi connectivity index (χ3n) is 5.77. The summed E-state index contributed by atoms with van der Waals surface area (Å²) in [7, 11) is 1.59. The Kier molecular flexibility index (Phi) is 6.26. The van der Waals surface area contributed by atoms with Crippen molar-refractivity contribution in [2.75, 3.05) is 23.1 Å². The van der Waals surface area contributed by atoms with Crippen LogP contribution in [0, 0.1) is 0 Å². The third-order valence-corrected chi connectivity index (χ3v) is 7.92. The summed E-state index contributed by atoms with van der Waals surface area (Å²) in [5.74, 6) is 0.940. The van der Waals surface area contributed by atoms with Crippen LogP contribution in [0.4, 0.5) is 11.4 Å². The van der Waals surface area contributed by atoms with Crippen molar-refractivity contribution in [3.05, 3.63) is 77.9 Å².